The molecule has 2 heterocycles. The van der Waals surface area contributed by atoms with Crippen LogP contribution >= 0.6 is 0 Å². The van der Waals surface area contributed by atoms with Crippen LogP contribution in [-0.2, 0) is 10.0 Å². The fraction of sp³-hybridized carbons (Fsp3) is 0.333. The maximum atomic E-state index is 12.4. The molecule has 0 fully saturated rings. The molecule has 0 spiro atoms. The van der Waals surface area contributed by atoms with Crippen molar-refractivity contribution in [2.45, 2.75) is 31.2 Å². The molecule has 0 saturated carbocycles. The Hall–Kier alpha value is -2.55. The van der Waals surface area contributed by atoms with Crippen LogP contribution in [0.1, 0.15) is 20.3 Å². The van der Waals surface area contributed by atoms with Crippen molar-refractivity contribution >= 4 is 21.7 Å². The van der Waals surface area contributed by atoms with Gasteiger partial charge in [0, 0.05) is 12.1 Å². The Morgan fingerprint density at radius 1 is 1.12 bits per heavy atom. The highest BCUT2D eigenvalue weighted by atomic mass is 32.2. The van der Waals surface area contributed by atoms with Crippen LogP contribution in [-0.4, -0.2) is 31.4 Å². The van der Waals surface area contributed by atoms with Crippen LogP contribution in [0, 0.1) is 0 Å². The highest BCUT2D eigenvalue weighted by Crippen LogP contribution is 2.34. The second-order valence-corrected chi connectivity index (χ2v) is 7.06. The van der Waals surface area contributed by atoms with E-state index in [2.05, 4.69) is 27.2 Å². The number of fused-ring (bicyclic) bond motifs is 1. The van der Waals surface area contributed by atoms with Crippen molar-refractivity contribution in [3.63, 3.8) is 0 Å². The minimum Gasteiger partial charge on any atom is -0.454 e. The van der Waals surface area contributed by atoms with Gasteiger partial charge in [-0.25, -0.2) is 8.42 Å². The Kier molecular flexibility index (Phi) is 4.43. The molecule has 1 aromatic carbocycles. The molecule has 8 nitrogen and oxygen atoms in total. The first-order valence-electron chi connectivity index (χ1n) is 7.50. The van der Waals surface area contributed by atoms with Gasteiger partial charge in [0.2, 0.25) is 6.79 Å². The summed E-state index contributed by atoms with van der Waals surface area (Å²) in [5.41, 5.74) is 0. The summed E-state index contributed by atoms with van der Waals surface area (Å²) in [4.78, 5) is 0.0651. The largest absolute Gasteiger partial charge is 0.454 e. The van der Waals surface area contributed by atoms with Crippen molar-refractivity contribution < 1.29 is 17.9 Å². The van der Waals surface area contributed by atoms with Gasteiger partial charge < -0.3 is 14.8 Å². The van der Waals surface area contributed by atoms with E-state index < -0.39 is 10.0 Å². The number of sulfonamides is 1. The van der Waals surface area contributed by atoms with E-state index in [9.17, 15) is 8.42 Å². The minimum atomic E-state index is -3.78. The lowest BCUT2D eigenvalue weighted by molar-refractivity contribution is 0.174. The molecule has 3 rings (SSSR count). The van der Waals surface area contributed by atoms with Gasteiger partial charge in [0.1, 0.15) is 5.82 Å². The van der Waals surface area contributed by atoms with Crippen LogP contribution in [0.4, 0.5) is 11.6 Å². The van der Waals surface area contributed by atoms with Crippen LogP contribution in [0.5, 0.6) is 11.5 Å². The standard InChI is InChI=1S/C15H18N4O4S/c1-3-10(2)16-14-6-7-15(18-17-14)19-24(20,21)11-4-5-12-13(8-11)23-9-22-12/h4-8,10H,3,9H2,1-2H3,(H,16,17)(H,18,19). The summed E-state index contributed by atoms with van der Waals surface area (Å²) in [7, 11) is -3.78. The number of benzene rings is 1. The minimum absolute atomic E-state index is 0.0651. The second-order valence-electron chi connectivity index (χ2n) is 5.38. The summed E-state index contributed by atoms with van der Waals surface area (Å²) in [5, 5.41) is 11.0. The number of anilines is 2. The maximum absolute atomic E-state index is 12.4. The third-order valence-corrected chi connectivity index (χ3v) is 4.92. The van der Waals surface area contributed by atoms with E-state index >= 15 is 0 Å². The van der Waals surface area contributed by atoms with Crippen molar-refractivity contribution in [3.05, 3.63) is 30.3 Å². The smallest absolute Gasteiger partial charge is 0.263 e. The molecule has 9 heteroatoms. The fourth-order valence-electron chi connectivity index (χ4n) is 2.06. The van der Waals surface area contributed by atoms with Gasteiger partial charge in [-0.15, -0.1) is 10.2 Å². The molecule has 2 N–H and O–H groups in total. The van der Waals surface area contributed by atoms with Crippen LogP contribution < -0.4 is 19.5 Å². The summed E-state index contributed by atoms with van der Waals surface area (Å²) in [6.07, 6.45) is 0.945. The van der Waals surface area contributed by atoms with Gasteiger partial charge in [0.25, 0.3) is 10.0 Å². The molecule has 1 atom stereocenters. The molecule has 1 unspecified atom stereocenters. The first-order chi connectivity index (χ1) is 11.5. The van der Waals surface area contributed by atoms with Crippen molar-refractivity contribution in [2.24, 2.45) is 0 Å². The summed E-state index contributed by atoms with van der Waals surface area (Å²) in [6, 6.07) is 7.91. The molecule has 2 aromatic rings. The fourth-order valence-corrected chi connectivity index (χ4v) is 3.07. The van der Waals surface area contributed by atoms with E-state index in [1.165, 1.54) is 12.1 Å². The highest BCUT2D eigenvalue weighted by Gasteiger charge is 2.20. The Morgan fingerprint density at radius 2 is 1.83 bits per heavy atom. The number of hydrogen-bond donors (Lipinski definition) is 2. The molecule has 24 heavy (non-hydrogen) atoms. The number of rotatable bonds is 6. The Bertz CT molecular complexity index is 824. The number of nitrogens with one attached hydrogen (secondary N) is 2. The van der Waals surface area contributed by atoms with Gasteiger partial charge in [0.15, 0.2) is 17.3 Å². The monoisotopic (exact) mass is 350 g/mol. The molecule has 0 bridgehead atoms. The maximum Gasteiger partial charge on any atom is 0.263 e. The third kappa shape index (κ3) is 3.51. The van der Waals surface area contributed by atoms with Crippen molar-refractivity contribution in [1.29, 1.82) is 0 Å². The molecule has 1 aromatic heterocycles. The topological polar surface area (TPSA) is 102 Å². The first kappa shape index (κ1) is 16.3. The molecule has 0 aliphatic carbocycles. The van der Waals surface area contributed by atoms with Gasteiger partial charge in [0.05, 0.1) is 4.90 Å². The van der Waals surface area contributed by atoms with Crippen LogP contribution in [0.2, 0.25) is 0 Å². The zero-order valence-electron chi connectivity index (χ0n) is 13.3. The molecule has 0 saturated heterocycles. The van der Waals surface area contributed by atoms with Crippen molar-refractivity contribution in [3.8, 4) is 11.5 Å². The lowest BCUT2D eigenvalue weighted by Gasteiger charge is -2.12. The van der Waals surface area contributed by atoms with Crippen molar-refractivity contribution in [2.75, 3.05) is 16.8 Å². The second kappa shape index (κ2) is 6.52. The predicted molar refractivity (Wildman–Crippen MR) is 88.8 cm³/mol. The summed E-state index contributed by atoms with van der Waals surface area (Å²) in [6.45, 7) is 4.17. The van der Waals surface area contributed by atoms with E-state index in [-0.39, 0.29) is 23.5 Å². The quantitative estimate of drug-likeness (QED) is 0.823. The Balaban J connectivity index is 1.74. The zero-order valence-corrected chi connectivity index (χ0v) is 14.1. The Morgan fingerprint density at radius 3 is 2.54 bits per heavy atom. The lowest BCUT2D eigenvalue weighted by atomic mass is 10.2. The molecule has 1 aliphatic heterocycles. The molecular weight excluding hydrogens is 332 g/mol. The van der Waals surface area contributed by atoms with Gasteiger partial charge in [-0.05, 0) is 37.6 Å². The Labute approximate surface area is 140 Å². The molecule has 0 amide bonds. The molecular formula is C15H18N4O4S. The number of ether oxygens (including phenoxy) is 2. The number of nitrogens with zero attached hydrogens (tertiary/aromatic N) is 2. The molecule has 1 aliphatic rings. The van der Waals surface area contributed by atoms with Crippen LogP contribution in [0.25, 0.3) is 0 Å². The summed E-state index contributed by atoms with van der Waals surface area (Å²) >= 11 is 0. The average Bonchev–Trinajstić information content (AvgIpc) is 3.04. The SMILES string of the molecule is CCC(C)Nc1ccc(NS(=O)(=O)c2ccc3c(c2)OCO3)nn1. The van der Waals surface area contributed by atoms with Gasteiger partial charge in [-0.2, -0.15) is 0 Å². The number of aromatic nitrogens is 2. The summed E-state index contributed by atoms with van der Waals surface area (Å²) < 4.78 is 37.6. The van der Waals surface area contributed by atoms with E-state index in [0.29, 0.717) is 17.3 Å². The van der Waals surface area contributed by atoms with E-state index in [4.69, 9.17) is 9.47 Å². The van der Waals surface area contributed by atoms with Crippen LogP contribution in [0.15, 0.2) is 35.2 Å². The van der Waals surface area contributed by atoms with Gasteiger partial charge in [-0.1, -0.05) is 6.92 Å². The van der Waals surface area contributed by atoms with Gasteiger partial charge >= 0.3 is 0 Å². The summed E-state index contributed by atoms with van der Waals surface area (Å²) in [5.74, 6) is 1.66. The van der Waals surface area contributed by atoms with Crippen LogP contribution in [0.3, 0.4) is 0 Å². The van der Waals surface area contributed by atoms with E-state index in [1.54, 1.807) is 18.2 Å². The molecule has 0 radical (unpaired) electrons. The third-order valence-electron chi connectivity index (χ3n) is 3.56. The number of hydrogen-bond acceptors (Lipinski definition) is 7. The van der Waals surface area contributed by atoms with E-state index in [1.807, 2.05) is 6.92 Å². The normalized spacial score (nSPS) is 14.2. The zero-order chi connectivity index (χ0) is 17.2. The van der Waals surface area contributed by atoms with E-state index in [0.717, 1.165) is 6.42 Å². The van der Waals surface area contributed by atoms with Crippen molar-refractivity contribution in [1.82, 2.24) is 10.2 Å². The molecule has 128 valence electrons. The first-order valence-corrected chi connectivity index (χ1v) is 8.99. The highest BCUT2D eigenvalue weighted by molar-refractivity contribution is 7.92. The average molecular weight is 350 g/mol. The van der Waals surface area contributed by atoms with Gasteiger partial charge in [-0.3, -0.25) is 4.72 Å². The predicted octanol–water partition coefficient (Wildman–Crippen LogP) is 2.22. The lowest BCUT2D eigenvalue weighted by Crippen LogP contribution is -2.16.